The van der Waals surface area contributed by atoms with Crippen LogP contribution in [0.4, 0.5) is 0 Å². The standard InChI is InChI=1S/C19H27ClN2O3/c20-16-3-1-15(2-4-16)19(7-11-25-12-8-19)14-22-17(23)18(13-21)5-9-24-10-6-18/h1-4H,5-14,21H2,(H,22,23). The SMILES string of the molecule is NCC1(C(=O)NCC2(c3ccc(Cl)cc3)CCOCC2)CCOCC1. The highest BCUT2D eigenvalue weighted by molar-refractivity contribution is 6.30. The van der Waals surface area contributed by atoms with Crippen LogP contribution in [0.25, 0.3) is 0 Å². The number of hydrogen-bond donors (Lipinski definition) is 2. The number of nitrogens with two attached hydrogens (primary N) is 1. The van der Waals surface area contributed by atoms with E-state index in [1.165, 1.54) is 5.56 Å². The number of nitrogens with one attached hydrogen (secondary N) is 1. The molecular weight excluding hydrogens is 340 g/mol. The maximum Gasteiger partial charge on any atom is 0.227 e. The molecule has 2 heterocycles. The number of hydrogen-bond acceptors (Lipinski definition) is 4. The lowest BCUT2D eigenvalue weighted by Gasteiger charge is -2.40. The summed E-state index contributed by atoms with van der Waals surface area (Å²) in [6.45, 7) is 3.56. The first-order valence-corrected chi connectivity index (χ1v) is 9.38. The van der Waals surface area contributed by atoms with Crippen molar-refractivity contribution in [2.75, 3.05) is 39.5 Å². The van der Waals surface area contributed by atoms with E-state index in [0.29, 0.717) is 52.4 Å². The Kier molecular flexibility index (Phi) is 6.00. The molecule has 0 unspecified atom stereocenters. The molecule has 2 saturated heterocycles. The van der Waals surface area contributed by atoms with Crippen molar-refractivity contribution in [3.8, 4) is 0 Å². The fraction of sp³-hybridized carbons (Fsp3) is 0.632. The summed E-state index contributed by atoms with van der Waals surface area (Å²) < 4.78 is 11.0. The largest absolute Gasteiger partial charge is 0.381 e. The van der Waals surface area contributed by atoms with Crippen LogP contribution in [0.3, 0.4) is 0 Å². The zero-order chi connectivity index (χ0) is 17.8. The zero-order valence-corrected chi connectivity index (χ0v) is 15.3. The highest BCUT2D eigenvalue weighted by Gasteiger charge is 2.41. The second-order valence-electron chi connectivity index (χ2n) is 7.18. The van der Waals surface area contributed by atoms with Crippen LogP contribution < -0.4 is 11.1 Å². The molecule has 2 aliphatic heterocycles. The van der Waals surface area contributed by atoms with Crippen LogP contribution in [0.2, 0.25) is 5.02 Å². The third kappa shape index (κ3) is 4.00. The van der Waals surface area contributed by atoms with Gasteiger partial charge in [0.2, 0.25) is 5.91 Å². The molecule has 5 nitrogen and oxygen atoms in total. The van der Waals surface area contributed by atoms with Gasteiger partial charge in [0.05, 0.1) is 5.41 Å². The van der Waals surface area contributed by atoms with Crippen molar-refractivity contribution in [1.82, 2.24) is 5.32 Å². The second-order valence-corrected chi connectivity index (χ2v) is 7.62. The summed E-state index contributed by atoms with van der Waals surface area (Å²) in [6.07, 6.45) is 3.14. The van der Waals surface area contributed by atoms with Gasteiger partial charge in [-0.25, -0.2) is 0 Å². The Hall–Kier alpha value is -1.14. The van der Waals surface area contributed by atoms with Crippen LogP contribution in [0.15, 0.2) is 24.3 Å². The van der Waals surface area contributed by atoms with Crippen molar-refractivity contribution in [2.24, 2.45) is 11.1 Å². The van der Waals surface area contributed by atoms with Gasteiger partial charge in [-0.1, -0.05) is 23.7 Å². The molecule has 1 aromatic rings. The Morgan fingerprint density at radius 1 is 1.04 bits per heavy atom. The number of carbonyl (C=O) groups excluding carboxylic acids is 1. The van der Waals surface area contributed by atoms with Crippen molar-refractivity contribution < 1.29 is 14.3 Å². The average molecular weight is 367 g/mol. The van der Waals surface area contributed by atoms with Gasteiger partial charge in [-0.15, -0.1) is 0 Å². The molecule has 6 heteroatoms. The second kappa shape index (κ2) is 8.04. The quantitative estimate of drug-likeness (QED) is 0.838. The van der Waals surface area contributed by atoms with Crippen LogP contribution in [-0.4, -0.2) is 45.4 Å². The monoisotopic (exact) mass is 366 g/mol. The molecule has 0 radical (unpaired) electrons. The van der Waals surface area contributed by atoms with E-state index >= 15 is 0 Å². The van der Waals surface area contributed by atoms with Crippen molar-refractivity contribution in [3.05, 3.63) is 34.9 Å². The minimum Gasteiger partial charge on any atom is -0.381 e. The van der Waals surface area contributed by atoms with Crippen molar-refractivity contribution in [1.29, 1.82) is 0 Å². The van der Waals surface area contributed by atoms with E-state index in [-0.39, 0.29) is 11.3 Å². The molecule has 0 atom stereocenters. The van der Waals surface area contributed by atoms with E-state index in [2.05, 4.69) is 17.4 Å². The Labute approximate surface area is 154 Å². The topological polar surface area (TPSA) is 73.6 Å². The molecule has 0 spiro atoms. The smallest absolute Gasteiger partial charge is 0.227 e. The fourth-order valence-electron chi connectivity index (χ4n) is 3.86. The molecule has 2 fully saturated rings. The Balaban J connectivity index is 1.74. The first-order chi connectivity index (χ1) is 12.1. The van der Waals surface area contributed by atoms with Gasteiger partial charge >= 0.3 is 0 Å². The highest BCUT2D eigenvalue weighted by atomic mass is 35.5. The van der Waals surface area contributed by atoms with E-state index in [4.69, 9.17) is 26.8 Å². The van der Waals surface area contributed by atoms with E-state index in [0.717, 1.165) is 17.9 Å². The van der Waals surface area contributed by atoms with Gasteiger partial charge in [-0.3, -0.25) is 4.79 Å². The maximum atomic E-state index is 12.9. The van der Waals surface area contributed by atoms with E-state index < -0.39 is 5.41 Å². The van der Waals surface area contributed by atoms with Crippen LogP contribution >= 0.6 is 11.6 Å². The Morgan fingerprint density at radius 2 is 1.60 bits per heavy atom. The molecule has 0 aliphatic carbocycles. The lowest BCUT2D eigenvalue weighted by molar-refractivity contribution is -0.136. The average Bonchev–Trinajstić information content (AvgIpc) is 2.68. The van der Waals surface area contributed by atoms with Crippen LogP contribution in [0.5, 0.6) is 0 Å². The van der Waals surface area contributed by atoms with Crippen molar-refractivity contribution in [2.45, 2.75) is 31.1 Å². The Bertz CT molecular complexity index is 579. The molecule has 0 bridgehead atoms. The zero-order valence-electron chi connectivity index (χ0n) is 14.6. The highest BCUT2D eigenvalue weighted by Crippen LogP contribution is 2.36. The maximum absolute atomic E-state index is 12.9. The fourth-order valence-corrected chi connectivity index (χ4v) is 3.98. The lowest BCUT2D eigenvalue weighted by Crippen LogP contribution is -2.53. The van der Waals surface area contributed by atoms with Gasteiger partial charge in [0.25, 0.3) is 0 Å². The Morgan fingerprint density at radius 3 is 2.16 bits per heavy atom. The first-order valence-electron chi connectivity index (χ1n) is 9.00. The molecule has 0 aromatic heterocycles. The summed E-state index contributed by atoms with van der Waals surface area (Å²) in [7, 11) is 0. The summed E-state index contributed by atoms with van der Waals surface area (Å²) >= 11 is 6.04. The van der Waals surface area contributed by atoms with Gasteiger partial charge in [0.1, 0.15) is 0 Å². The molecule has 1 aromatic carbocycles. The third-order valence-electron chi connectivity index (χ3n) is 5.82. The first kappa shape index (κ1) is 18.6. The number of carbonyl (C=O) groups is 1. The predicted octanol–water partition coefficient (Wildman–Crippen LogP) is 2.26. The van der Waals surface area contributed by atoms with Crippen LogP contribution in [0, 0.1) is 5.41 Å². The molecular formula is C19H27ClN2O3. The summed E-state index contributed by atoms with van der Waals surface area (Å²) in [5.41, 5.74) is 6.55. The number of rotatable bonds is 5. The van der Waals surface area contributed by atoms with Crippen LogP contribution in [0.1, 0.15) is 31.2 Å². The normalized spacial score (nSPS) is 22.3. The van der Waals surface area contributed by atoms with Crippen molar-refractivity contribution >= 4 is 17.5 Å². The predicted molar refractivity (Wildman–Crippen MR) is 97.7 cm³/mol. The molecule has 0 saturated carbocycles. The molecule has 3 rings (SSSR count). The number of halogens is 1. The molecule has 25 heavy (non-hydrogen) atoms. The summed E-state index contributed by atoms with van der Waals surface area (Å²) in [5, 5.41) is 3.93. The summed E-state index contributed by atoms with van der Waals surface area (Å²) in [6, 6.07) is 7.95. The molecule has 2 aliphatic rings. The third-order valence-corrected chi connectivity index (χ3v) is 6.07. The molecule has 1 amide bonds. The lowest BCUT2D eigenvalue weighted by atomic mass is 9.73. The van der Waals surface area contributed by atoms with Gasteiger partial charge in [-0.05, 0) is 43.4 Å². The van der Waals surface area contributed by atoms with Crippen molar-refractivity contribution in [3.63, 3.8) is 0 Å². The van der Waals surface area contributed by atoms with Gasteiger partial charge in [0.15, 0.2) is 0 Å². The van der Waals surface area contributed by atoms with E-state index in [9.17, 15) is 4.79 Å². The summed E-state index contributed by atoms with van der Waals surface area (Å²) in [5.74, 6) is 0.0538. The summed E-state index contributed by atoms with van der Waals surface area (Å²) in [4.78, 5) is 12.9. The number of amides is 1. The minimum absolute atomic E-state index is 0.0538. The molecule has 3 N–H and O–H groups in total. The van der Waals surface area contributed by atoms with E-state index in [1.807, 2.05) is 12.1 Å². The van der Waals surface area contributed by atoms with Crippen LogP contribution in [-0.2, 0) is 19.7 Å². The molecule has 138 valence electrons. The van der Waals surface area contributed by atoms with Gasteiger partial charge in [0, 0.05) is 50.0 Å². The number of benzene rings is 1. The van der Waals surface area contributed by atoms with Gasteiger partial charge < -0.3 is 20.5 Å². The minimum atomic E-state index is -0.495. The number of ether oxygens (including phenoxy) is 2. The van der Waals surface area contributed by atoms with E-state index in [1.54, 1.807) is 0 Å². The van der Waals surface area contributed by atoms with Gasteiger partial charge in [-0.2, -0.15) is 0 Å².